The summed E-state index contributed by atoms with van der Waals surface area (Å²) in [5.41, 5.74) is 0.492. The molecule has 1 aliphatic rings. The first kappa shape index (κ1) is 18.8. The molecule has 2 amide bonds. The Kier molecular flexibility index (Phi) is 6.71. The number of hydrogen-bond acceptors (Lipinski definition) is 4. The van der Waals surface area contributed by atoms with Gasteiger partial charge < -0.3 is 15.0 Å². The molecule has 1 N–H and O–H groups in total. The Bertz CT molecular complexity index is 604. The molecule has 0 aromatic heterocycles. The summed E-state index contributed by atoms with van der Waals surface area (Å²) in [7, 11) is 0. The average molecular weight is 374 g/mol. The molecule has 0 aliphatic carbocycles. The molecule has 1 saturated heterocycles. The Morgan fingerprint density at radius 1 is 1.25 bits per heavy atom. The van der Waals surface area contributed by atoms with E-state index in [1.54, 1.807) is 30.0 Å². The highest BCUT2D eigenvalue weighted by atomic mass is 35.5. The minimum atomic E-state index is -0.343. The zero-order valence-electron chi connectivity index (χ0n) is 13.7. The molecule has 24 heavy (non-hydrogen) atoms. The second-order valence-corrected chi connectivity index (χ2v) is 6.35. The molecular weight excluding hydrogens is 353 g/mol. The maximum absolute atomic E-state index is 12.4. The standard InChI is InChI=1S/C16H21Cl2N3O3/c1-3-24-16(23)21-8-6-20(7-9-21)11(2)15(22)19-14-10-12(17)4-5-13(14)18/h4-5,10-11H,3,6-9H2,1-2H3,(H,19,22)/t11-/m0/s1. The summed E-state index contributed by atoms with van der Waals surface area (Å²) in [5.74, 6) is -0.163. The molecular formula is C16H21Cl2N3O3. The number of benzene rings is 1. The number of amides is 2. The lowest BCUT2D eigenvalue weighted by molar-refractivity contribution is -0.121. The van der Waals surface area contributed by atoms with E-state index in [0.29, 0.717) is 48.5 Å². The van der Waals surface area contributed by atoms with E-state index in [0.717, 1.165) is 0 Å². The van der Waals surface area contributed by atoms with Crippen molar-refractivity contribution in [2.45, 2.75) is 19.9 Å². The fourth-order valence-corrected chi connectivity index (χ4v) is 2.84. The van der Waals surface area contributed by atoms with Gasteiger partial charge in [0.2, 0.25) is 5.91 Å². The normalized spacial score (nSPS) is 16.6. The zero-order chi connectivity index (χ0) is 17.7. The van der Waals surface area contributed by atoms with E-state index in [2.05, 4.69) is 5.32 Å². The molecule has 1 atom stereocenters. The molecule has 132 valence electrons. The van der Waals surface area contributed by atoms with E-state index in [1.807, 2.05) is 11.8 Å². The van der Waals surface area contributed by atoms with Gasteiger partial charge in [0.25, 0.3) is 0 Å². The van der Waals surface area contributed by atoms with Crippen molar-refractivity contribution in [2.75, 3.05) is 38.1 Å². The van der Waals surface area contributed by atoms with Gasteiger partial charge in [-0.05, 0) is 32.0 Å². The Hall–Kier alpha value is -1.50. The maximum Gasteiger partial charge on any atom is 0.409 e. The molecule has 1 fully saturated rings. The van der Waals surface area contributed by atoms with Crippen LogP contribution in [0.4, 0.5) is 10.5 Å². The monoisotopic (exact) mass is 373 g/mol. The number of carbonyl (C=O) groups is 2. The summed E-state index contributed by atoms with van der Waals surface area (Å²) in [5, 5.41) is 3.74. The van der Waals surface area contributed by atoms with Crippen LogP contribution in [0, 0.1) is 0 Å². The van der Waals surface area contributed by atoms with E-state index in [-0.39, 0.29) is 18.0 Å². The molecule has 0 spiro atoms. The molecule has 2 rings (SSSR count). The minimum absolute atomic E-state index is 0.163. The highest BCUT2D eigenvalue weighted by Crippen LogP contribution is 2.25. The largest absolute Gasteiger partial charge is 0.450 e. The number of anilines is 1. The molecule has 0 bridgehead atoms. The SMILES string of the molecule is CCOC(=O)N1CCN([C@@H](C)C(=O)Nc2cc(Cl)ccc2Cl)CC1. The first-order chi connectivity index (χ1) is 11.4. The summed E-state index contributed by atoms with van der Waals surface area (Å²) < 4.78 is 4.99. The summed E-state index contributed by atoms with van der Waals surface area (Å²) in [6.07, 6.45) is -0.306. The first-order valence-corrected chi connectivity index (χ1v) is 8.59. The number of halogens is 2. The molecule has 0 radical (unpaired) electrons. The number of carbonyl (C=O) groups excluding carboxylic acids is 2. The number of nitrogens with one attached hydrogen (secondary N) is 1. The Labute approximate surface area is 151 Å². The summed E-state index contributed by atoms with van der Waals surface area (Å²) >= 11 is 12.0. The average Bonchev–Trinajstić information content (AvgIpc) is 2.57. The first-order valence-electron chi connectivity index (χ1n) is 7.84. The van der Waals surface area contributed by atoms with Crippen molar-refractivity contribution >= 4 is 40.9 Å². The van der Waals surface area contributed by atoms with Crippen LogP contribution in [0.15, 0.2) is 18.2 Å². The Morgan fingerprint density at radius 3 is 2.54 bits per heavy atom. The second kappa shape index (κ2) is 8.55. The molecule has 0 unspecified atom stereocenters. The van der Waals surface area contributed by atoms with Crippen LogP contribution in [0.3, 0.4) is 0 Å². The molecule has 8 heteroatoms. The smallest absolute Gasteiger partial charge is 0.409 e. The van der Waals surface area contributed by atoms with Crippen molar-refractivity contribution in [2.24, 2.45) is 0 Å². The number of rotatable bonds is 4. The number of nitrogens with zero attached hydrogens (tertiary/aromatic N) is 2. The molecule has 1 aromatic carbocycles. The second-order valence-electron chi connectivity index (χ2n) is 5.51. The third kappa shape index (κ3) is 4.75. The van der Waals surface area contributed by atoms with Gasteiger partial charge in [-0.3, -0.25) is 9.69 Å². The lowest BCUT2D eigenvalue weighted by Gasteiger charge is -2.36. The van der Waals surface area contributed by atoms with Crippen molar-refractivity contribution in [3.8, 4) is 0 Å². The van der Waals surface area contributed by atoms with Gasteiger partial charge in [-0.25, -0.2) is 4.79 Å². The lowest BCUT2D eigenvalue weighted by atomic mass is 10.2. The van der Waals surface area contributed by atoms with E-state index in [4.69, 9.17) is 27.9 Å². The van der Waals surface area contributed by atoms with Crippen LogP contribution < -0.4 is 5.32 Å². The molecule has 1 aliphatic heterocycles. The van der Waals surface area contributed by atoms with Crippen LogP contribution >= 0.6 is 23.2 Å². The third-order valence-corrected chi connectivity index (χ3v) is 4.52. The van der Waals surface area contributed by atoms with Crippen molar-refractivity contribution in [1.29, 1.82) is 0 Å². The quantitative estimate of drug-likeness (QED) is 0.880. The van der Waals surface area contributed by atoms with Crippen LogP contribution in [0.2, 0.25) is 10.0 Å². The van der Waals surface area contributed by atoms with E-state index in [1.165, 1.54) is 0 Å². The van der Waals surface area contributed by atoms with Gasteiger partial charge in [0.1, 0.15) is 0 Å². The van der Waals surface area contributed by atoms with Crippen molar-refractivity contribution in [3.05, 3.63) is 28.2 Å². The van der Waals surface area contributed by atoms with Gasteiger partial charge in [-0.15, -0.1) is 0 Å². The number of ether oxygens (including phenoxy) is 1. The summed E-state index contributed by atoms with van der Waals surface area (Å²) in [6, 6.07) is 4.58. The van der Waals surface area contributed by atoms with Crippen molar-refractivity contribution < 1.29 is 14.3 Å². The molecule has 1 heterocycles. The van der Waals surface area contributed by atoms with Gasteiger partial charge in [-0.1, -0.05) is 23.2 Å². The highest BCUT2D eigenvalue weighted by molar-refractivity contribution is 6.35. The topological polar surface area (TPSA) is 61.9 Å². The summed E-state index contributed by atoms with van der Waals surface area (Å²) in [4.78, 5) is 27.8. The van der Waals surface area contributed by atoms with Gasteiger partial charge in [0.15, 0.2) is 0 Å². The molecule has 0 saturated carbocycles. The van der Waals surface area contributed by atoms with Crippen LogP contribution in [0.5, 0.6) is 0 Å². The van der Waals surface area contributed by atoms with Crippen molar-refractivity contribution in [3.63, 3.8) is 0 Å². The van der Waals surface area contributed by atoms with Crippen LogP contribution in [-0.4, -0.2) is 60.6 Å². The van der Waals surface area contributed by atoms with Gasteiger partial charge in [-0.2, -0.15) is 0 Å². The van der Waals surface area contributed by atoms with E-state index >= 15 is 0 Å². The maximum atomic E-state index is 12.4. The fraction of sp³-hybridized carbons (Fsp3) is 0.500. The van der Waals surface area contributed by atoms with Gasteiger partial charge in [0.05, 0.1) is 23.4 Å². The Balaban J connectivity index is 1.90. The van der Waals surface area contributed by atoms with Gasteiger partial charge in [0, 0.05) is 31.2 Å². The molecule has 1 aromatic rings. The number of hydrogen-bond donors (Lipinski definition) is 1. The van der Waals surface area contributed by atoms with Crippen LogP contribution in [-0.2, 0) is 9.53 Å². The van der Waals surface area contributed by atoms with Gasteiger partial charge >= 0.3 is 6.09 Å². The zero-order valence-corrected chi connectivity index (χ0v) is 15.2. The predicted molar refractivity (Wildman–Crippen MR) is 94.7 cm³/mol. The third-order valence-electron chi connectivity index (χ3n) is 3.95. The van der Waals surface area contributed by atoms with Crippen molar-refractivity contribution in [1.82, 2.24) is 9.80 Å². The van der Waals surface area contributed by atoms with Crippen LogP contribution in [0.1, 0.15) is 13.8 Å². The van der Waals surface area contributed by atoms with E-state index in [9.17, 15) is 9.59 Å². The summed E-state index contributed by atoms with van der Waals surface area (Å²) in [6.45, 7) is 6.25. The lowest BCUT2D eigenvalue weighted by Crippen LogP contribution is -2.54. The van der Waals surface area contributed by atoms with E-state index < -0.39 is 0 Å². The van der Waals surface area contributed by atoms with Crippen LogP contribution in [0.25, 0.3) is 0 Å². The predicted octanol–water partition coefficient (Wildman–Crippen LogP) is 3.09. The Morgan fingerprint density at radius 2 is 1.92 bits per heavy atom. The number of piperazine rings is 1. The fourth-order valence-electron chi connectivity index (χ4n) is 2.50. The molecule has 6 nitrogen and oxygen atoms in total. The minimum Gasteiger partial charge on any atom is -0.450 e. The highest BCUT2D eigenvalue weighted by Gasteiger charge is 2.28.